The molecule has 2 aliphatic heterocycles. The molecule has 100 valence electrons. The van der Waals surface area contributed by atoms with E-state index >= 15 is 0 Å². The number of fused-ring (bicyclic) bond motifs is 1. The summed E-state index contributed by atoms with van der Waals surface area (Å²) in [5, 5.41) is 0. The average molecular weight is 256 g/mol. The summed E-state index contributed by atoms with van der Waals surface area (Å²) in [6.45, 7) is 11.1. The second kappa shape index (κ2) is 6.44. The average Bonchev–Trinajstić information content (AvgIpc) is 2.35. The maximum Gasteiger partial charge on any atom is 0.0223 e. The standard InChI is InChI=1S/C14H28N2S/c1-12(2)13(11-17)9-15-7-8-16-6-4-3-5-14(16)10-15/h12-14,17H,3-11H2,1-2H3. The van der Waals surface area contributed by atoms with E-state index in [0.717, 1.165) is 23.6 Å². The molecular weight excluding hydrogens is 228 g/mol. The van der Waals surface area contributed by atoms with Gasteiger partial charge >= 0.3 is 0 Å². The lowest BCUT2D eigenvalue weighted by Crippen LogP contribution is -2.55. The third kappa shape index (κ3) is 3.62. The predicted octanol–water partition coefficient (Wildman–Crippen LogP) is 2.36. The van der Waals surface area contributed by atoms with E-state index in [1.54, 1.807) is 0 Å². The smallest absolute Gasteiger partial charge is 0.0223 e. The van der Waals surface area contributed by atoms with E-state index < -0.39 is 0 Å². The van der Waals surface area contributed by atoms with E-state index in [2.05, 4.69) is 36.3 Å². The summed E-state index contributed by atoms with van der Waals surface area (Å²) in [7, 11) is 0. The fourth-order valence-electron chi connectivity index (χ4n) is 3.20. The van der Waals surface area contributed by atoms with Crippen LogP contribution in [0.4, 0.5) is 0 Å². The van der Waals surface area contributed by atoms with Crippen molar-refractivity contribution < 1.29 is 0 Å². The van der Waals surface area contributed by atoms with Crippen molar-refractivity contribution in [3.63, 3.8) is 0 Å². The van der Waals surface area contributed by atoms with Gasteiger partial charge in [0, 0.05) is 32.2 Å². The number of piperidine rings is 1. The summed E-state index contributed by atoms with van der Waals surface area (Å²) >= 11 is 4.51. The third-order valence-corrected chi connectivity index (χ3v) is 5.06. The molecule has 2 nitrogen and oxygen atoms in total. The van der Waals surface area contributed by atoms with Gasteiger partial charge in [-0.05, 0) is 37.0 Å². The number of nitrogens with zero attached hydrogens (tertiary/aromatic N) is 2. The molecule has 0 bridgehead atoms. The maximum atomic E-state index is 4.51. The lowest BCUT2D eigenvalue weighted by molar-refractivity contribution is 0.0400. The molecule has 0 amide bonds. The minimum absolute atomic E-state index is 0.758. The number of thiol groups is 1. The molecule has 0 saturated carbocycles. The van der Waals surface area contributed by atoms with E-state index in [4.69, 9.17) is 0 Å². The molecule has 0 aromatic carbocycles. The molecule has 0 N–H and O–H groups in total. The Hall–Kier alpha value is 0.270. The first kappa shape index (κ1) is 13.7. The van der Waals surface area contributed by atoms with E-state index in [0.29, 0.717) is 0 Å². The number of hydrogen-bond donors (Lipinski definition) is 1. The van der Waals surface area contributed by atoms with Crippen molar-refractivity contribution in [2.24, 2.45) is 11.8 Å². The van der Waals surface area contributed by atoms with Crippen molar-refractivity contribution in [3.05, 3.63) is 0 Å². The monoisotopic (exact) mass is 256 g/mol. The molecule has 17 heavy (non-hydrogen) atoms. The predicted molar refractivity (Wildman–Crippen MR) is 77.8 cm³/mol. The van der Waals surface area contributed by atoms with Crippen LogP contribution in [0.25, 0.3) is 0 Å². The Morgan fingerprint density at radius 1 is 1.18 bits per heavy atom. The fourth-order valence-corrected chi connectivity index (χ4v) is 3.73. The van der Waals surface area contributed by atoms with Gasteiger partial charge in [0.05, 0.1) is 0 Å². The van der Waals surface area contributed by atoms with Crippen LogP contribution in [-0.4, -0.2) is 54.3 Å². The summed E-state index contributed by atoms with van der Waals surface area (Å²) in [5.41, 5.74) is 0. The van der Waals surface area contributed by atoms with Gasteiger partial charge in [-0.15, -0.1) is 0 Å². The third-order valence-electron chi connectivity index (χ3n) is 4.59. The van der Waals surface area contributed by atoms with Crippen LogP contribution in [-0.2, 0) is 0 Å². The van der Waals surface area contributed by atoms with Crippen molar-refractivity contribution in [2.45, 2.75) is 39.2 Å². The fraction of sp³-hybridized carbons (Fsp3) is 1.00. The maximum absolute atomic E-state index is 4.51. The largest absolute Gasteiger partial charge is 0.300 e. The molecule has 3 heteroatoms. The Labute approximate surface area is 112 Å². The van der Waals surface area contributed by atoms with E-state index in [1.807, 2.05) is 0 Å². The summed E-state index contributed by atoms with van der Waals surface area (Å²) in [5.74, 6) is 2.55. The van der Waals surface area contributed by atoms with Crippen LogP contribution >= 0.6 is 12.6 Å². The van der Waals surface area contributed by atoms with Crippen molar-refractivity contribution in [2.75, 3.05) is 38.5 Å². The number of rotatable bonds is 4. The molecule has 2 fully saturated rings. The van der Waals surface area contributed by atoms with Crippen LogP contribution in [0, 0.1) is 11.8 Å². The van der Waals surface area contributed by atoms with Gasteiger partial charge in [-0.2, -0.15) is 12.6 Å². The zero-order valence-corrected chi connectivity index (χ0v) is 12.3. The number of hydrogen-bond acceptors (Lipinski definition) is 3. The molecule has 0 aromatic rings. The van der Waals surface area contributed by atoms with Crippen molar-refractivity contribution in [1.82, 2.24) is 9.80 Å². The molecule has 0 spiro atoms. The Bertz CT molecular complexity index is 232. The second-order valence-electron chi connectivity index (χ2n) is 6.13. The van der Waals surface area contributed by atoms with E-state index in [1.165, 1.54) is 52.0 Å². The zero-order chi connectivity index (χ0) is 12.3. The van der Waals surface area contributed by atoms with Gasteiger partial charge in [0.15, 0.2) is 0 Å². The highest BCUT2D eigenvalue weighted by Gasteiger charge is 2.29. The van der Waals surface area contributed by atoms with Crippen LogP contribution < -0.4 is 0 Å². The molecule has 0 aliphatic carbocycles. The van der Waals surface area contributed by atoms with Gasteiger partial charge in [-0.3, -0.25) is 4.90 Å². The normalized spacial score (nSPS) is 29.3. The minimum atomic E-state index is 0.758. The molecule has 0 radical (unpaired) electrons. The first-order chi connectivity index (χ1) is 8.20. The Balaban J connectivity index is 1.82. The van der Waals surface area contributed by atoms with Crippen molar-refractivity contribution in [3.8, 4) is 0 Å². The van der Waals surface area contributed by atoms with Crippen molar-refractivity contribution >= 4 is 12.6 Å². The first-order valence-corrected chi connectivity index (χ1v) is 7.91. The summed E-state index contributed by atoms with van der Waals surface area (Å²) in [6, 6.07) is 0.852. The molecule has 2 aliphatic rings. The van der Waals surface area contributed by atoms with Gasteiger partial charge in [0.2, 0.25) is 0 Å². The molecule has 2 rings (SSSR count). The Kier molecular flexibility index (Phi) is 5.19. The van der Waals surface area contributed by atoms with Crippen LogP contribution in [0.15, 0.2) is 0 Å². The number of piperazine rings is 1. The lowest BCUT2D eigenvalue weighted by Gasteiger charge is -2.45. The molecule has 0 aromatic heterocycles. The van der Waals surface area contributed by atoms with Crippen molar-refractivity contribution in [1.29, 1.82) is 0 Å². The van der Waals surface area contributed by atoms with Crippen LogP contribution in [0.3, 0.4) is 0 Å². The molecule has 2 atom stereocenters. The van der Waals surface area contributed by atoms with Gasteiger partial charge in [-0.25, -0.2) is 0 Å². The summed E-state index contributed by atoms with van der Waals surface area (Å²) in [4.78, 5) is 5.40. The van der Waals surface area contributed by atoms with Gasteiger partial charge < -0.3 is 4.90 Å². The van der Waals surface area contributed by atoms with Crippen LogP contribution in [0.2, 0.25) is 0 Å². The highest BCUT2D eigenvalue weighted by Crippen LogP contribution is 2.23. The zero-order valence-electron chi connectivity index (χ0n) is 11.4. The SMILES string of the molecule is CC(C)C(CS)CN1CCN2CCCCC2C1. The lowest BCUT2D eigenvalue weighted by atomic mass is 9.95. The summed E-state index contributed by atoms with van der Waals surface area (Å²) in [6.07, 6.45) is 4.28. The first-order valence-electron chi connectivity index (χ1n) is 7.28. The van der Waals surface area contributed by atoms with Crippen LogP contribution in [0.5, 0.6) is 0 Å². The second-order valence-corrected chi connectivity index (χ2v) is 6.50. The molecule has 2 saturated heterocycles. The van der Waals surface area contributed by atoms with Gasteiger partial charge in [-0.1, -0.05) is 20.3 Å². The van der Waals surface area contributed by atoms with Gasteiger partial charge in [0.1, 0.15) is 0 Å². The van der Waals surface area contributed by atoms with Crippen LogP contribution in [0.1, 0.15) is 33.1 Å². The Morgan fingerprint density at radius 3 is 2.71 bits per heavy atom. The highest BCUT2D eigenvalue weighted by molar-refractivity contribution is 7.80. The molecule has 2 heterocycles. The van der Waals surface area contributed by atoms with E-state index in [9.17, 15) is 0 Å². The topological polar surface area (TPSA) is 6.48 Å². The summed E-state index contributed by atoms with van der Waals surface area (Å²) < 4.78 is 0. The highest BCUT2D eigenvalue weighted by atomic mass is 32.1. The quantitative estimate of drug-likeness (QED) is 0.772. The Morgan fingerprint density at radius 2 is 2.00 bits per heavy atom. The molecule has 2 unspecified atom stereocenters. The van der Waals surface area contributed by atoms with Gasteiger partial charge in [0.25, 0.3) is 0 Å². The molecular formula is C14H28N2S. The minimum Gasteiger partial charge on any atom is -0.300 e. The van der Waals surface area contributed by atoms with E-state index in [-0.39, 0.29) is 0 Å².